The Kier molecular flexibility index (Phi) is 1.92. The lowest BCUT2D eigenvalue weighted by atomic mass is 10.0. The van der Waals surface area contributed by atoms with Gasteiger partial charge in [-0.25, -0.2) is 0 Å². The Morgan fingerprint density at radius 1 is 1.18 bits per heavy atom. The molecule has 1 aliphatic carbocycles. The van der Waals surface area contributed by atoms with Gasteiger partial charge in [-0.05, 0) is 38.1 Å². The molecule has 0 aromatic rings. The van der Waals surface area contributed by atoms with Crippen LogP contribution in [0.3, 0.4) is 0 Å². The van der Waals surface area contributed by atoms with E-state index in [-0.39, 0.29) is 0 Å². The topological polar surface area (TPSA) is 3.24 Å². The molecule has 0 amide bonds. The Morgan fingerprint density at radius 3 is 2.45 bits per heavy atom. The largest absolute Gasteiger partial charge is 0.297 e. The molecular formula is C10H19N. The predicted molar refractivity (Wildman–Crippen MR) is 47.6 cm³/mol. The van der Waals surface area contributed by atoms with Crippen molar-refractivity contribution in [2.24, 2.45) is 5.92 Å². The van der Waals surface area contributed by atoms with Crippen LogP contribution in [-0.4, -0.2) is 23.5 Å². The van der Waals surface area contributed by atoms with E-state index in [1.165, 1.54) is 32.2 Å². The molecule has 1 saturated heterocycles. The van der Waals surface area contributed by atoms with Crippen molar-refractivity contribution >= 4 is 0 Å². The molecule has 0 bridgehead atoms. The zero-order valence-corrected chi connectivity index (χ0v) is 7.71. The second kappa shape index (κ2) is 2.78. The lowest BCUT2D eigenvalue weighted by Gasteiger charge is -2.27. The van der Waals surface area contributed by atoms with E-state index in [2.05, 4.69) is 18.7 Å². The van der Waals surface area contributed by atoms with Gasteiger partial charge in [0.15, 0.2) is 0 Å². The molecular weight excluding hydrogens is 134 g/mol. The molecule has 1 atom stereocenters. The van der Waals surface area contributed by atoms with Crippen molar-refractivity contribution in [2.45, 2.75) is 51.6 Å². The monoisotopic (exact) mass is 153 g/mol. The van der Waals surface area contributed by atoms with Crippen molar-refractivity contribution in [1.82, 2.24) is 4.90 Å². The zero-order valence-electron chi connectivity index (χ0n) is 7.71. The molecule has 11 heavy (non-hydrogen) atoms. The molecule has 1 nitrogen and oxygen atoms in total. The normalized spacial score (nSPS) is 33.5. The van der Waals surface area contributed by atoms with Crippen LogP contribution >= 0.6 is 0 Å². The molecule has 0 aromatic carbocycles. The first-order chi connectivity index (χ1) is 5.29. The van der Waals surface area contributed by atoms with Crippen LogP contribution in [0.5, 0.6) is 0 Å². The number of likely N-dealkylation sites (tertiary alicyclic amines) is 1. The van der Waals surface area contributed by atoms with Crippen LogP contribution < -0.4 is 0 Å². The minimum atomic E-state index is 0.873. The van der Waals surface area contributed by atoms with E-state index < -0.39 is 0 Å². The maximum atomic E-state index is 2.75. The SMILES string of the molecule is CC(C)C1CCCN1C1CC1. The summed E-state index contributed by atoms with van der Waals surface area (Å²) in [5.74, 6) is 0.873. The average Bonchev–Trinajstić information content (AvgIpc) is 2.68. The predicted octanol–water partition coefficient (Wildman–Crippen LogP) is 2.27. The molecule has 1 aliphatic heterocycles. The number of hydrogen-bond donors (Lipinski definition) is 0. The van der Waals surface area contributed by atoms with E-state index in [4.69, 9.17) is 0 Å². The van der Waals surface area contributed by atoms with Gasteiger partial charge in [-0.2, -0.15) is 0 Å². The summed E-state index contributed by atoms with van der Waals surface area (Å²) in [6.07, 6.45) is 5.85. The maximum absolute atomic E-state index is 2.75. The lowest BCUT2D eigenvalue weighted by molar-refractivity contribution is 0.197. The van der Waals surface area contributed by atoms with Crippen LogP contribution in [-0.2, 0) is 0 Å². The van der Waals surface area contributed by atoms with Crippen molar-refractivity contribution in [3.05, 3.63) is 0 Å². The van der Waals surface area contributed by atoms with Crippen LogP contribution in [0.25, 0.3) is 0 Å². The van der Waals surface area contributed by atoms with Gasteiger partial charge in [0, 0.05) is 12.1 Å². The van der Waals surface area contributed by atoms with Crippen molar-refractivity contribution in [3.8, 4) is 0 Å². The van der Waals surface area contributed by atoms with Crippen LogP contribution in [0.4, 0.5) is 0 Å². The van der Waals surface area contributed by atoms with Crippen molar-refractivity contribution in [1.29, 1.82) is 0 Å². The van der Waals surface area contributed by atoms with Gasteiger partial charge in [-0.3, -0.25) is 4.90 Å². The first-order valence-electron chi connectivity index (χ1n) is 5.05. The third kappa shape index (κ3) is 1.44. The summed E-state index contributed by atoms with van der Waals surface area (Å²) in [5.41, 5.74) is 0. The van der Waals surface area contributed by atoms with Crippen LogP contribution in [0.1, 0.15) is 39.5 Å². The fraction of sp³-hybridized carbons (Fsp3) is 1.00. The highest BCUT2D eigenvalue weighted by molar-refractivity contribution is 4.93. The van der Waals surface area contributed by atoms with Crippen LogP contribution in [0, 0.1) is 5.92 Å². The van der Waals surface area contributed by atoms with E-state index >= 15 is 0 Å². The highest BCUT2D eigenvalue weighted by Gasteiger charge is 2.37. The second-order valence-corrected chi connectivity index (χ2v) is 4.42. The molecule has 0 aromatic heterocycles. The van der Waals surface area contributed by atoms with Gasteiger partial charge < -0.3 is 0 Å². The molecule has 1 saturated carbocycles. The molecule has 0 radical (unpaired) electrons. The molecule has 2 rings (SSSR count). The highest BCUT2D eigenvalue weighted by Crippen LogP contribution is 2.35. The summed E-state index contributed by atoms with van der Waals surface area (Å²) in [5, 5.41) is 0. The number of rotatable bonds is 2. The third-order valence-corrected chi connectivity index (χ3v) is 3.13. The third-order valence-electron chi connectivity index (χ3n) is 3.13. The summed E-state index contributed by atoms with van der Waals surface area (Å²) in [4.78, 5) is 2.75. The highest BCUT2D eigenvalue weighted by atomic mass is 15.2. The average molecular weight is 153 g/mol. The summed E-state index contributed by atoms with van der Waals surface area (Å²) < 4.78 is 0. The first kappa shape index (κ1) is 7.60. The fourth-order valence-electron chi connectivity index (χ4n) is 2.39. The van der Waals surface area contributed by atoms with Gasteiger partial charge in [-0.15, -0.1) is 0 Å². The van der Waals surface area contributed by atoms with Gasteiger partial charge >= 0.3 is 0 Å². The molecule has 0 spiro atoms. The van der Waals surface area contributed by atoms with E-state index in [1.807, 2.05) is 0 Å². The number of nitrogens with zero attached hydrogens (tertiary/aromatic N) is 1. The Hall–Kier alpha value is -0.0400. The summed E-state index contributed by atoms with van der Waals surface area (Å²) in [7, 11) is 0. The Balaban J connectivity index is 1.95. The minimum absolute atomic E-state index is 0.873. The quantitative estimate of drug-likeness (QED) is 0.588. The van der Waals surface area contributed by atoms with E-state index in [9.17, 15) is 0 Å². The zero-order chi connectivity index (χ0) is 7.84. The summed E-state index contributed by atoms with van der Waals surface area (Å²) in [6, 6.07) is 1.91. The molecule has 0 N–H and O–H groups in total. The summed E-state index contributed by atoms with van der Waals surface area (Å²) >= 11 is 0. The van der Waals surface area contributed by atoms with E-state index in [0.29, 0.717) is 0 Å². The first-order valence-corrected chi connectivity index (χ1v) is 5.05. The molecule has 1 heterocycles. The molecule has 2 fully saturated rings. The van der Waals surface area contributed by atoms with Gasteiger partial charge in [0.2, 0.25) is 0 Å². The lowest BCUT2D eigenvalue weighted by Crippen LogP contribution is -2.34. The molecule has 2 aliphatic rings. The van der Waals surface area contributed by atoms with Gasteiger partial charge in [0.1, 0.15) is 0 Å². The van der Waals surface area contributed by atoms with Crippen molar-refractivity contribution < 1.29 is 0 Å². The van der Waals surface area contributed by atoms with Gasteiger partial charge in [0.05, 0.1) is 0 Å². The Morgan fingerprint density at radius 2 is 1.91 bits per heavy atom. The van der Waals surface area contributed by atoms with E-state index in [0.717, 1.165) is 18.0 Å². The molecule has 1 heteroatoms. The summed E-state index contributed by atoms with van der Waals surface area (Å²) in [6.45, 7) is 6.12. The smallest absolute Gasteiger partial charge is 0.0122 e. The van der Waals surface area contributed by atoms with Crippen molar-refractivity contribution in [2.75, 3.05) is 6.54 Å². The van der Waals surface area contributed by atoms with Gasteiger partial charge in [0.25, 0.3) is 0 Å². The Labute approximate surface area is 69.8 Å². The molecule has 64 valence electrons. The standard InChI is InChI=1S/C10H19N/c1-8(2)10-4-3-7-11(10)9-5-6-9/h8-10H,3-7H2,1-2H3. The van der Waals surface area contributed by atoms with Crippen LogP contribution in [0.2, 0.25) is 0 Å². The molecule has 1 unspecified atom stereocenters. The van der Waals surface area contributed by atoms with Gasteiger partial charge in [-0.1, -0.05) is 13.8 Å². The Bertz CT molecular complexity index is 130. The van der Waals surface area contributed by atoms with Crippen molar-refractivity contribution in [3.63, 3.8) is 0 Å². The fourth-order valence-corrected chi connectivity index (χ4v) is 2.39. The maximum Gasteiger partial charge on any atom is 0.0122 e. The van der Waals surface area contributed by atoms with E-state index in [1.54, 1.807) is 0 Å². The minimum Gasteiger partial charge on any atom is -0.297 e. The number of hydrogen-bond acceptors (Lipinski definition) is 1. The second-order valence-electron chi connectivity index (χ2n) is 4.42. The van der Waals surface area contributed by atoms with Crippen LogP contribution in [0.15, 0.2) is 0 Å².